The second kappa shape index (κ2) is 5.71. The molecule has 1 atom stereocenters. The molecule has 112 valence electrons. The summed E-state index contributed by atoms with van der Waals surface area (Å²) in [7, 11) is 0. The maximum Gasteiger partial charge on any atom is 0.245 e. The molecule has 2 heterocycles. The van der Waals surface area contributed by atoms with Gasteiger partial charge in [0.15, 0.2) is 0 Å². The highest BCUT2D eigenvalue weighted by molar-refractivity contribution is 5.88. The average molecular weight is 292 g/mol. The molecule has 0 aromatic heterocycles. The normalized spacial score (nSPS) is 21.9. The highest BCUT2D eigenvalue weighted by Gasteiger charge is 2.30. The van der Waals surface area contributed by atoms with Crippen LogP contribution in [0.5, 0.6) is 5.75 Å². The van der Waals surface area contributed by atoms with Gasteiger partial charge in [0.25, 0.3) is 0 Å². The molecule has 0 spiro atoms. The Morgan fingerprint density at radius 2 is 2.29 bits per heavy atom. The summed E-state index contributed by atoms with van der Waals surface area (Å²) in [6, 6.07) is 4.15. The van der Waals surface area contributed by atoms with Gasteiger partial charge in [0.05, 0.1) is 13.1 Å². The maximum absolute atomic E-state index is 13.9. The van der Waals surface area contributed by atoms with Crippen molar-refractivity contribution in [3.63, 3.8) is 0 Å². The van der Waals surface area contributed by atoms with Gasteiger partial charge in [-0.25, -0.2) is 4.39 Å². The Kier molecular flexibility index (Phi) is 3.77. The monoisotopic (exact) mass is 292 g/mol. The highest BCUT2D eigenvalue weighted by Crippen LogP contribution is 2.26. The summed E-state index contributed by atoms with van der Waals surface area (Å²) < 4.78 is 19.4. The molecule has 0 saturated carbocycles. The van der Waals surface area contributed by atoms with Crippen molar-refractivity contribution in [1.29, 1.82) is 0 Å². The van der Waals surface area contributed by atoms with Crippen LogP contribution in [0.15, 0.2) is 18.2 Å². The van der Waals surface area contributed by atoms with E-state index in [9.17, 15) is 14.0 Å². The lowest BCUT2D eigenvalue weighted by Gasteiger charge is -2.28. The predicted octanol–water partition coefficient (Wildman–Crippen LogP) is 1.22. The number of benzene rings is 1. The molecule has 2 aliphatic heterocycles. The van der Waals surface area contributed by atoms with Gasteiger partial charge in [-0.1, -0.05) is 6.07 Å². The zero-order chi connectivity index (χ0) is 14.8. The smallest absolute Gasteiger partial charge is 0.245 e. The van der Waals surface area contributed by atoms with Crippen molar-refractivity contribution in [2.75, 3.05) is 13.2 Å². The Bertz CT molecular complexity index is 576. The van der Waals surface area contributed by atoms with Gasteiger partial charge in [0, 0.05) is 12.0 Å². The van der Waals surface area contributed by atoms with Crippen molar-refractivity contribution in [1.82, 2.24) is 10.2 Å². The van der Waals surface area contributed by atoms with Crippen molar-refractivity contribution in [2.45, 2.75) is 31.8 Å². The quantitative estimate of drug-likeness (QED) is 0.846. The maximum atomic E-state index is 13.9. The van der Waals surface area contributed by atoms with Crippen LogP contribution >= 0.6 is 0 Å². The van der Waals surface area contributed by atoms with E-state index in [1.807, 2.05) is 0 Å². The van der Waals surface area contributed by atoms with E-state index in [0.717, 1.165) is 0 Å². The lowest BCUT2D eigenvalue weighted by molar-refractivity contribution is -0.138. The minimum absolute atomic E-state index is 0.0998. The van der Waals surface area contributed by atoms with Crippen molar-refractivity contribution < 1.29 is 18.7 Å². The first kappa shape index (κ1) is 13.9. The number of piperidine rings is 1. The number of hydrogen-bond donors (Lipinski definition) is 1. The Hall–Kier alpha value is -2.11. The molecule has 3 rings (SSSR count). The van der Waals surface area contributed by atoms with Crippen LogP contribution in [0.3, 0.4) is 0 Å². The number of ether oxygens (including phenoxy) is 1. The Balaban J connectivity index is 1.78. The minimum Gasteiger partial charge on any atom is -0.491 e. The SMILES string of the molecule is O=C1CCC[C@H](C(=O)N2CCOc3cccc(F)c3C2)N1. The topological polar surface area (TPSA) is 58.6 Å². The van der Waals surface area contributed by atoms with Crippen LogP contribution in [0.4, 0.5) is 4.39 Å². The molecule has 2 aliphatic rings. The van der Waals surface area contributed by atoms with E-state index in [1.165, 1.54) is 6.07 Å². The fourth-order valence-electron chi connectivity index (χ4n) is 2.76. The number of nitrogens with zero attached hydrogens (tertiary/aromatic N) is 1. The van der Waals surface area contributed by atoms with Crippen molar-refractivity contribution in [2.24, 2.45) is 0 Å². The minimum atomic E-state index is -0.500. The summed E-state index contributed by atoms with van der Waals surface area (Å²) >= 11 is 0. The number of carbonyl (C=O) groups excluding carboxylic acids is 2. The molecule has 2 amide bonds. The van der Waals surface area contributed by atoms with E-state index in [-0.39, 0.29) is 24.2 Å². The lowest BCUT2D eigenvalue weighted by Crippen LogP contribution is -2.50. The van der Waals surface area contributed by atoms with Gasteiger partial charge < -0.3 is 15.0 Å². The van der Waals surface area contributed by atoms with Crippen LogP contribution in [0.1, 0.15) is 24.8 Å². The van der Waals surface area contributed by atoms with Gasteiger partial charge in [-0.2, -0.15) is 0 Å². The Morgan fingerprint density at radius 1 is 1.43 bits per heavy atom. The van der Waals surface area contributed by atoms with Crippen molar-refractivity contribution in [3.8, 4) is 5.75 Å². The number of nitrogens with one attached hydrogen (secondary N) is 1. The number of halogens is 1. The third kappa shape index (κ3) is 2.84. The fourth-order valence-corrected chi connectivity index (χ4v) is 2.76. The average Bonchev–Trinajstić information content (AvgIpc) is 2.70. The number of rotatable bonds is 1. The molecular weight excluding hydrogens is 275 g/mol. The van der Waals surface area contributed by atoms with E-state index in [2.05, 4.69) is 5.32 Å². The van der Waals surface area contributed by atoms with E-state index in [1.54, 1.807) is 17.0 Å². The summed E-state index contributed by atoms with van der Waals surface area (Å²) in [5, 5.41) is 2.71. The summed E-state index contributed by atoms with van der Waals surface area (Å²) in [5.74, 6) is -0.155. The van der Waals surface area contributed by atoms with E-state index in [0.29, 0.717) is 43.7 Å². The zero-order valence-electron chi connectivity index (χ0n) is 11.6. The lowest BCUT2D eigenvalue weighted by atomic mass is 10.0. The van der Waals surface area contributed by atoms with Crippen LogP contribution < -0.4 is 10.1 Å². The molecule has 0 aliphatic carbocycles. The van der Waals surface area contributed by atoms with E-state index < -0.39 is 6.04 Å². The molecular formula is C15H17FN2O3. The highest BCUT2D eigenvalue weighted by atomic mass is 19.1. The zero-order valence-corrected chi connectivity index (χ0v) is 11.6. The number of carbonyl (C=O) groups is 2. The first-order chi connectivity index (χ1) is 10.1. The first-order valence-corrected chi connectivity index (χ1v) is 7.13. The van der Waals surface area contributed by atoms with Gasteiger partial charge in [-0.3, -0.25) is 9.59 Å². The second-order valence-corrected chi connectivity index (χ2v) is 5.34. The Morgan fingerprint density at radius 3 is 3.10 bits per heavy atom. The standard InChI is InChI=1S/C15H17FN2O3/c16-11-3-1-5-13-10(11)9-18(7-8-21-13)15(20)12-4-2-6-14(19)17-12/h1,3,5,12H,2,4,6-9H2,(H,17,19)/t12-/m1/s1. The second-order valence-electron chi connectivity index (χ2n) is 5.34. The molecule has 1 aromatic carbocycles. The molecule has 1 aromatic rings. The summed E-state index contributed by atoms with van der Waals surface area (Å²) in [5.41, 5.74) is 0.394. The van der Waals surface area contributed by atoms with Crippen molar-refractivity contribution in [3.05, 3.63) is 29.6 Å². The van der Waals surface area contributed by atoms with E-state index >= 15 is 0 Å². The molecule has 5 nitrogen and oxygen atoms in total. The Labute approximate surface area is 122 Å². The van der Waals surface area contributed by atoms with Gasteiger partial charge in [0.1, 0.15) is 24.2 Å². The van der Waals surface area contributed by atoms with Gasteiger partial charge in [0.2, 0.25) is 11.8 Å². The molecule has 1 fully saturated rings. The first-order valence-electron chi connectivity index (χ1n) is 7.13. The molecule has 0 radical (unpaired) electrons. The third-order valence-electron chi connectivity index (χ3n) is 3.89. The molecule has 1 saturated heterocycles. The fraction of sp³-hybridized carbons (Fsp3) is 0.467. The largest absolute Gasteiger partial charge is 0.491 e. The summed E-state index contributed by atoms with van der Waals surface area (Å²) in [4.78, 5) is 25.5. The summed E-state index contributed by atoms with van der Waals surface area (Å²) in [6.07, 6.45) is 1.80. The molecule has 6 heteroatoms. The predicted molar refractivity (Wildman–Crippen MR) is 73.1 cm³/mol. The molecule has 0 unspecified atom stereocenters. The van der Waals surface area contributed by atoms with Gasteiger partial charge >= 0.3 is 0 Å². The molecule has 1 N–H and O–H groups in total. The number of hydrogen-bond acceptors (Lipinski definition) is 3. The number of amides is 2. The van der Waals surface area contributed by atoms with Gasteiger partial charge in [-0.15, -0.1) is 0 Å². The van der Waals surface area contributed by atoms with Crippen LogP contribution in [0.2, 0.25) is 0 Å². The number of fused-ring (bicyclic) bond motifs is 1. The van der Waals surface area contributed by atoms with Crippen LogP contribution in [0, 0.1) is 5.82 Å². The van der Waals surface area contributed by atoms with Crippen LogP contribution in [-0.4, -0.2) is 35.9 Å². The molecule has 21 heavy (non-hydrogen) atoms. The summed E-state index contributed by atoms with van der Waals surface area (Å²) in [6.45, 7) is 0.884. The van der Waals surface area contributed by atoms with Crippen LogP contribution in [0.25, 0.3) is 0 Å². The van der Waals surface area contributed by atoms with Crippen LogP contribution in [-0.2, 0) is 16.1 Å². The third-order valence-corrected chi connectivity index (χ3v) is 3.89. The van der Waals surface area contributed by atoms with Crippen molar-refractivity contribution >= 4 is 11.8 Å². The van der Waals surface area contributed by atoms with E-state index in [4.69, 9.17) is 4.74 Å². The van der Waals surface area contributed by atoms with Gasteiger partial charge in [-0.05, 0) is 25.0 Å². The molecule has 0 bridgehead atoms.